The maximum atomic E-state index is 13.0. The van der Waals surface area contributed by atoms with Crippen molar-refractivity contribution in [3.8, 4) is 12.1 Å². The first kappa shape index (κ1) is 11.0. The van der Waals surface area contributed by atoms with E-state index in [-0.39, 0.29) is 12.1 Å². The van der Waals surface area contributed by atoms with E-state index in [9.17, 15) is 13.2 Å². The van der Waals surface area contributed by atoms with Crippen molar-refractivity contribution in [2.75, 3.05) is 0 Å². The molecule has 1 aromatic rings. The topological polar surface area (TPSA) is 60.5 Å². The number of rotatable bonds is 2. The van der Waals surface area contributed by atoms with Gasteiger partial charge in [0.2, 0.25) is 5.95 Å². The Hall–Kier alpha value is -2.08. The second-order valence-electron chi connectivity index (χ2n) is 2.62. The number of nitrogens with zero attached hydrogens (tertiary/aromatic N) is 3. The van der Waals surface area contributed by atoms with Crippen LogP contribution in [0, 0.1) is 28.6 Å². The van der Waals surface area contributed by atoms with Gasteiger partial charge < -0.3 is 0 Å². The molecule has 0 atom stereocenters. The van der Waals surface area contributed by atoms with Crippen LogP contribution in [0.3, 0.4) is 0 Å². The maximum Gasteiger partial charge on any atom is 0.265 e. The van der Waals surface area contributed by atoms with Crippen LogP contribution in [0.1, 0.15) is 23.2 Å². The fourth-order valence-corrected chi connectivity index (χ4v) is 1.04. The van der Waals surface area contributed by atoms with Gasteiger partial charge in [0.25, 0.3) is 6.43 Å². The summed E-state index contributed by atoms with van der Waals surface area (Å²) in [5.41, 5.74) is -1.61. The van der Waals surface area contributed by atoms with E-state index >= 15 is 0 Å². The Morgan fingerprint density at radius 1 is 1.40 bits per heavy atom. The molecular formula is C9H4F3N3. The van der Waals surface area contributed by atoms with Crippen molar-refractivity contribution in [1.82, 2.24) is 4.98 Å². The molecule has 0 aliphatic carbocycles. The second-order valence-corrected chi connectivity index (χ2v) is 2.62. The number of pyridine rings is 1. The monoisotopic (exact) mass is 211 g/mol. The molecule has 0 aliphatic rings. The van der Waals surface area contributed by atoms with Gasteiger partial charge >= 0.3 is 0 Å². The van der Waals surface area contributed by atoms with Crippen molar-refractivity contribution in [1.29, 1.82) is 10.5 Å². The Kier molecular flexibility index (Phi) is 3.25. The summed E-state index contributed by atoms with van der Waals surface area (Å²) >= 11 is 0. The molecular weight excluding hydrogens is 207 g/mol. The van der Waals surface area contributed by atoms with Crippen LogP contribution in [0.4, 0.5) is 13.2 Å². The highest BCUT2D eigenvalue weighted by Gasteiger charge is 2.19. The number of halogens is 3. The molecule has 0 saturated heterocycles. The van der Waals surface area contributed by atoms with Crippen LogP contribution in [0.5, 0.6) is 0 Å². The molecule has 0 bridgehead atoms. The molecule has 1 heterocycles. The highest BCUT2D eigenvalue weighted by Crippen LogP contribution is 2.24. The lowest BCUT2D eigenvalue weighted by atomic mass is 10.1. The maximum absolute atomic E-state index is 13.0. The van der Waals surface area contributed by atoms with Gasteiger partial charge in [0.1, 0.15) is 11.6 Å². The zero-order valence-corrected chi connectivity index (χ0v) is 7.34. The lowest BCUT2D eigenvalue weighted by Crippen LogP contribution is -2.02. The van der Waals surface area contributed by atoms with Gasteiger partial charge in [-0.25, -0.2) is 13.8 Å². The largest absolute Gasteiger partial charge is 0.265 e. The van der Waals surface area contributed by atoms with Crippen LogP contribution in [0.2, 0.25) is 0 Å². The van der Waals surface area contributed by atoms with Gasteiger partial charge in [-0.3, -0.25) is 0 Å². The third-order valence-corrected chi connectivity index (χ3v) is 1.67. The van der Waals surface area contributed by atoms with E-state index in [4.69, 9.17) is 10.5 Å². The van der Waals surface area contributed by atoms with Gasteiger partial charge in [0.15, 0.2) is 0 Å². The summed E-state index contributed by atoms with van der Waals surface area (Å²) in [4.78, 5) is 3.23. The highest BCUT2D eigenvalue weighted by molar-refractivity contribution is 5.38. The Labute approximate surface area is 83.4 Å². The van der Waals surface area contributed by atoms with Gasteiger partial charge in [0.05, 0.1) is 18.2 Å². The molecule has 0 aliphatic heterocycles. The van der Waals surface area contributed by atoms with E-state index in [1.54, 1.807) is 6.07 Å². The second kappa shape index (κ2) is 4.43. The van der Waals surface area contributed by atoms with Gasteiger partial charge in [-0.05, 0) is 6.07 Å². The van der Waals surface area contributed by atoms with Crippen molar-refractivity contribution in [3.63, 3.8) is 0 Å². The third-order valence-electron chi connectivity index (χ3n) is 1.67. The fraction of sp³-hybridized carbons (Fsp3) is 0.222. The summed E-state index contributed by atoms with van der Waals surface area (Å²) < 4.78 is 37.8. The van der Waals surface area contributed by atoms with Crippen molar-refractivity contribution in [3.05, 3.63) is 28.8 Å². The van der Waals surface area contributed by atoms with Crippen molar-refractivity contribution >= 4 is 0 Å². The quantitative estimate of drug-likeness (QED) is 0.703. The van der Waals surface area contributed by atoms with Gasteiger partial charge in [-0.15, -0.1) is 0 Å². The molecule has 15 heavy (non-hydrogen) atoms. The summed E-state index contributed by atoms with van der Waals surface area (Å²) in [6.45, 7) is 0. The minimum Gasteiger partial charge on any atom is -0.223 e. The van der Waals surface area contributed by atoms with Gasteiger partial charge in [-0.2, -0.15) is 14.9 Å². The smallest absolute Gasteiger partial charge is 0.223 e. The molecule has 1 aromatic heterocycles. The van der Waals surface area contributed by atoms with Crippen molar-refractivity contribution < 1.29 is 13.2 Å². The average molecular weight is 211 g/mol. The predicted molar refractivity (Wildman–Crippen MR) is 43.2 cm³/mol. The minimum atomic E-state index is -2.96. The van der Waals surface area contributed by atoms with Crippen LogP contribution in [-0.4, -0.2) is 4.98 Å². The highest BCUT2D eigenvalue weighted by atomic mass is 19.3. The van der Waals surface area contributed by atoms with E-state index in [1.807, 2.05) is 0 Å². The molecule has 76 valence electrons. The molecule has 0 aromatic carbocycles. The van der Waals surface area contributed by atoms with E-state index < -0.39 is 23.5 Å². The van der Waals surface area contributed by atoms with Crippen LogP contribution >= 0.6 is 0 Å². The van der Waals surface area contributed by atoms with Gasteiger partial charge in [-0.1, -0.05) is 0 Å². The average Bonchev–Trinajstić information content (AvgIpc) is 2.17. The Morgan fingerprint density at radius 2 is 2.07 bits per heavy atom. The molecule has 0 unspecified atom stereocenters. The molecule has 3 nitrogen and oxygen atoms in total. The van der Waals surface area contributed by atoms with E-state index in [1.165, 1.54) is 6.07 Å². The van der Waals surface area contributed by atoms with E-state index in [0.29, 0.717) is 0 Å². The van der Waals surface area contributed by atoms with Crippen LogP contribution in [0.25, 0.3) is 0 Å². The van der Waals surface area contributed by atoms with Crippen LogP contribution in [0.15, 0.2) is 6.07 Å². The number of hydrogen-bond donors (Lipinski definition) is 0. The fourth-order valence-electron chi connectivity index (χ4n) is 1.04. The lowest BCUT2D eigenvalue weighted by molar-refractivity contribution is 0.150. The molecule has 0 fully saturated rings. The van der Waals surface area contributed by atoms with Crippen LogP contribution < -0.4 is 0 Å². The minimum absolute atomic E-state index is 0.107. The number of hydrogen-bond acceptors (Lipinski definition) is 3. The van der Waals surface area contributed by atoms with Crippen molar-refractivity contribution in [2.24, 2.45) is 0 Å². The first-order valence-electron chi connectivity index (χ1n) is 3.84. The first-order chi connectivity index (χ1) is 7.10. The summed E-state index contributed by atoms with van der Waals surface area (Å²) in [7, 11) is 0. The lowest BCUT2D eigenvalue weighted by Gasteiger charge is -2.04. The molecule has 0 radical (unpaired) electrons. The third kappa shape index (κ3) is 2.23. The Balaban J connectivity index is 3.35. The molecule has 6 heteroatoms. The summed E-state index contributed by atoms with van der Waals surface area (Å²) in [6.07, 6.45) is -3.24. The summed E-state index contributed by atoms with van der Waals surface area (Å²) in [6, 6.07) is 3.84. The zero-order chi connectivity index (χ0) is 11.4. The van der Waals surface area contributed by atoms with Crippen LogP contribution in [-0.2, 0) is 6.42 Å². The van der Waals surface area contributed by atoms with Crippen molar-refractivity contribution in [2.45, 2.75) is 12.8 Å². The number of aromatic nitrogens is 1. The molecule has 0 spiro atoms. The molecule has 0 N–H and O–H groups in total. The predicted octanol–water partition coefficient (Wildman–Crippen LogP) is 2.10. The van der Waals surface area contributed by atoms with E-state index in [0.717, 1.165) is 6.07 Å². The number of nitriles is 2. The summed E-state index contributed by atoms with van der Waals surface area (Å²) in [5.74, 6) is -1.26. The standard InChI is InChI=1S/C9H4F3N3/c10-8(11)6-3-5(1-2-13)15-9(12)7(6)4-14/h3,8H,1H2. The molecule has 1 rings (SSSR count). The van der Waals surface area contributed by atoms with Gasteiger partial charge in [0, 0.05) is 5.56 Å². The molecule has 0 saturated carbocycles. The Bertz CT molecular complexity index is 457. The normalized spacial score (nSPS) is 9.73. The van der Waals surface area contributed by atoms with E-state index in [2.05, 4.69) is 4.98 Å². The summed E-state index contributed by atoms with van der Waals surface area (Å²) in [5, 5.41) is 16.7. The molecule has 0 amide bonds. The first-order valence-corrected chi connectivity index (χ1v) is 3.84. The SMILES string of the molecule is N#CCc1cc(C(F)F)c(C#N)c(F)n1. The number of alkyl halides is 2. The Morgan fingerprint density at radius 3 is 2.53 bits per heavy atom. The zero-order valence-electron chi connectivity index (χ0n) is 7.34.